The molecule has 0 spiro atoms. The van der Waals surface area contributed by atoms with Gasteiger partial charge in [0.2, 0.25) is 0 Å². The molecule has 0 heterocycles. The molecule has 0 saturated heterocycles. The second kappa shape index (κ2) is 33.2. The molecule has 0 nitrogen and oxygen atoms in total. The maximum Gasteiger partial charge on any atom is 0.0609 e. The topological polar surface area (TPSA) is 0 Å². The predicted molar refractivity (Wildman–Crippen MR) is 209 cm³/mol. The minimum Gasteiger partial charge on any atom is -0.168 e. The van der Waals surface area contributed by atoms with Crippen LogP contribution in [0.25, 0.3) is 0 Å². The molecule has 32 heavy (non-hydrogen) atoms. The van der Waals surface area contributed by atoms with Crippen LogP contribution < -0.4 is 0 Å². The van der Waals surface area contributed by atoms with E-state index >= 15 is 0 Å². The third-order valence-electron chi connectivity index (χ3n) is 2.98. The summed E-state index contributed by atoms with van der Waals surface area (Å²) in [5.41, 5.74) is 0. The van der Waals surface area contributed by atoms with Crippen molar-refractivity contribution in [2.24, 2.45) is 0 Å². The molecule has 0 fully saturated rings. The second-order valence-electron chi connectivity index (χ2n) is 4.86. The van der Waals surface area contributed by atoms with Gasteiger partial charge in [0.05, 0.1) is 18.3 Å². The van der Waals surface area contributed by atoms with E-state index in [9.17, 15) is 0 Å². The highest BCUT2D eigenvalue weighted by Crippen LogP contribution is 2.37. The summed E-state index contributed by atoms with van der Waals surface area (Å²) in [5.74, 6) is 2.32. The van der Waals surface area contributed by atoms with Gasteiger partial charge in [-0.25, -0.2) is 0 Å². The summed E-state index contributed by atoms with van der Waals surface area (Å²) in [4.78, 5) is 0. The van der Waals surface area contributed by atoms with Gasteiger partial charge in [-0.2, -0.15) is 113 Å². The van der Waals surface area contributed by atoms with Gasteiger partial charge < -0.3 is 0 Å². The molecule has 0 atom stereocenters. The van der Waals surface area contributed by atoms with Gasteiger partial charge in [0, 0.05) is 52.2 Å². The Labute approximate surface area is 279 Å². The number of hydrogen-bond acceptors (Lipinski definition) is 17. The smallest absolute Gasteiger partial charge is 0.0609 e. The van der Waals surface area contributed by atoms with E-state index in [1.165, 1.54) is 0 Å². The molecule has 0 aliphatic carbocycles. The maximum atomic E-state index is 4.27. The largest absolute Gasteiger partial charge is 0.168 e. The Morgan fingerprint density at radius 3 is 0.781 bits per heavy atom. The normalized spacial score (nSPS) is 11.6. The molecule has 0 rings (SSSR count). The van der Waals surface area contributed by atoms with Crippen LogP contribution in [0, 0.1) is 0 Å². The average molecular weight is 760 g/mol. The van der Waals surface area contributed by atoms with Gasteiger partial charge in [0.1, 0.15) is 0 Å². The third kappa shape index (κ3) is 27.5. The van der Waals surface area contributed by atoms with Crippen LogP contribution in [0.4, 0.5) is 0 Å². The van der Waals surface area contributed by atoms with Crippen molar-refractivity contribution in [3.63, 3.8) is 0 Å². The molecule has 0 aromatic carbocycles. The number of hydrogen-bond donors (Lipinski definition) is 8. The molecule has 0 saturated carbocycles. The Morgan fingerprint density at radius 2 is 0.562 bits per heavy atom. The lowest BCUT2D eigenvalue weighted by Gasteiger charge is -2.20. The lowest BCUT2D eigenvalue weighted by molar-refractivity contribution is 1.03. The molecule has 0 aromatic heterocycles. The van der Waals surface area contributed by atoms with Gasteiger partial charge >= 0.3 is 0 Å². The monoisotopic (exact) mass is 758 g/mol. The van der Waals surface area contributed by atoms with Crippen LogP contribution in [0.1, 0.15) is 6.42 Å². The fourth-order valence-electron chi connectivity index (χ4n) is 1.74. The fourth-order valence-corrected chi connectivity index (χ4v) is 18.0. The molecule has 0 aromatic rings. The molecule has 0 bridgehead atoms. The van der Waals surface area contributed by atoms with Crippen LogP contribution in [0.2, 0.25) is 0 Å². The highest BCUT2D eigenvalue weighted by atomic mass is 32.3. The molecule has 0 radical (unpaired) electrons. The summed E-state index contributed by atoms with van der Waals surface area (Å²) in [6.07, 6.45) is 1.16. The zero-order valence-electron chi connectivity index (χ0n) is 17.3. The van der Waals surface area contributed by atoms with Crippen LogP contribution in [0.15, 0.2) is 0 Å². The van der Waals surface area contributed by atoms with Gasteiger partial charge in [-0.15, -0.1) is 94.1 Å². The zero-order valence-corrected chi connectivity index (χ0v) is 31.8. The second-order valence-corrected chi connectivity index (χ2v) is 22.6. The SMILES string of the molecule is SCSC(CC(SCS)SCS)SCS.SCSC(CSCC(SCS)SCS)SCS. The van der Waals surface area contributed by atoms with Crippen LogP contribution >= 0.6 is 207 Å². The molecular weight excluding hydrogens is 725 g/mol. The number of thioether (sulfide) groups is 9. The molecule has 0 N–H and O–H groups in total. The van der Waals surface area contributed by atoms with E-state index in [2.05, 4.69) is 101 Å². The number of rotatable bonds is 22. The van der Waals surface area contributed by atoms with Gasteiger partial charge in [-0.1, -0.05) is 0 Å². The zero-order chi connectivity index (χ0) is 24.5. The minimum absolute atomic E-state index is 0.588. The highest BCUT2D eigenvalue weighted by molar-refractivity contribution is 8.26. The van der Waals surface area contributed by atoms with Gasteiger partial charge in [0.15, 0.2) is 0 Å². The Kier molecular flexibility index (Phi) is 41.5. The molecule has 196 valence electrons. The summed E-state index contributed by atoms with van der Waals surface area (Å²) in [6.45, 7) is 0. The molecule has 17 heteroatoms. The molecular formula is C15H34S17. The first kappa shape index (κ1) is 40.1. The first-order valence-corrected chi connectivity index (χ1v) is 23.5. The van der Waals surface area contributed by atoms with Gasteiger partial charge in [0.25, 0.3) is 0 Å². The minimum atomic E-state index is 0.588. The van der Waals surface area contributed by atoms with E-state index in [0.717, 1.165) is 58.6 Å². The van der Waals surface area contributed by atoms with E-state index in [0.29, 0.717) is 18.3 Å². The van der Waals surface area contributed by atoms with Crippen LogP contribution in [-0.2, 0) is 0 Å². The summed E-state index contributed by atoms with van der Waals surface area (Å²) >= 11 is 51.2. The van der Waals surface area contributed by atoms with Gasteiger partial charge in [-0.05, 0) is 6.42 Å². The maximum absolute atomic E-state index is 4.27. The van der Waals surface area contributed by atoms with Crippen molar-refractivity contribution >= 4 is 207 Å². The highest BCUT2D eigenvalue weighted by Gasteiger charge is 2.17. The van der Waals surface area contributed by atoms with E-state index in [1.807, 2.05) is 106 Å². The van der Waals surface area contributed by atoms with Crippen LogP contribution in [0.3, 0.4) is 0 Å². The van der Waals surface area contributed by atoms with Crippen molar-refractivity contribution in [1.82, 2.24) is 0 Å². The van der Waals surface area contributed by atoms with Crippen molar-refractivity contribution < 1.29 is 0 Å². The molecule has 0 aliphatic heterocycles. The quantitative estimate of drug-likeness (QED) is 0.0399. The molecule has 0 aliphatic rings. The van der Waals surface area contributed by atoms with Crippen LogP contribution in [0.5, 0.6) is 0 Å². The third-order valence-corrected chi connectivity index (χ3v) is 17.4. The predicted octanol–water partition coefficient (Wildman–Crippen LogP) is 9.36. The summed E-state index contributed by atoms with van der Waals surface area (Å²) in [6, 6.07) is 0. The Hall–Kier alpha value is 5.95. The fraction of sp³-hybridized carbons (Fsp3) is 1.00. The van der Waals surface area contributed by atoms with Crippen molar-refractivity contribution in [2.45, 2.75) is 24.7 Å². The van der Waals surface area contributed by atoms with E-state index in [1.54, 1.807) is 0 Å². The van der Waals surface area contributed by atoms with E-state index in [-0.39, 0.29) is 0 Å². The lowest BCUT2D eigenvalue weighted by Crippen LogP contribution is -2.08. The van der Waals surface area contributed by atoms with Crippen molar-refractivity contribution in [3.05, 3.63) is 0 Å². The van der Waals surface area contributed by atoms with E-state index < -0.39 is 0 Å². The lowest BCUT2D eigenvalue weighted by atomic mass is 10.5. The van der Waals surface area contributed by atoms with Crippen molar-refractivity contribution in [3.8, 4) is 0 Å². The summed E-state index contributed by atoms with van der Waals surface area (Å²) in [5, 5.41) is 7.01. The first-order chi connectivity index (χ1) is 15.6. The average Bonchev–Trinajstić information content (AvgIpc) is 2.75. The molecule has 0 amide bonds. The van der Waals surface area contributed by atoms with Crippen LogP contribution in [-0.4, -0.2) is 70.5 Å². The Morgan fingerprint density at radius 1 is 0.344 bits per heavy atom. The summed E-state index contributed by atoms with van der Waals surface area (Å²) in [7, 11) is 0. The molecule has 0 unspecified atom stereocenters. The van der Waals surface area contributed by atoms with Crippen molar-refractivity contribution in [2.75, 3.05) is 52.2 Å². The Balaban J connectivity index is 0. The first-order valence-electron chi connectivity index (χ1n) is 8.94. The van der Waals surface area contributed by atoms with Gasteiger partial charge in [-0.3, -0.25) is 0 Å². The standard InChI is InChI=1S/C8H18S9.C7H16S8/c9-3-14-7(15-4-10)1-13-2-8(16-5-11)17-6-12;8-2-12-6(13-3-9)1-7(14-4-10)15-5-11/h7-12H,1-6H2;6-11H,1-5H2. The van der Waals surface area contributed by atoms with Crippen molar-refractivity contribution in [1.29, 1.82) is 0 Å². The number of thiol groups is 8. The summed E-state index contributed by atoms with van der Waals surface area (Å²) < 4.78 is 2.39. The van der Waals surface area contributed by atoms with E-state index in [4.69, 9.17) is 0 Å². The Bertz CT molecular complexity index is 298.